The van der Waals surface area contributed by atoms with Crippen LogP contribution in [0, 0.1) is 0 Å². The first-order chi connectivity index (χ1) is 9.67. The Morgan fingerprint density at radius 1 is 1.40 bits per heavy atom. The van der Waals surface area contributed by atoms with E-state index in [1.54, 1.807) is 18.9 Å². The average Bonchev–Trinajstić information content (AvgIpc) is 2.89. The molecule has 8 heteroatoms. The summed E-state index contributed by atoms with van der Waals surface area (Å²) in [6.07, 6.45) is -0.123. The van der Waals surface area contributed by atoms with Crippen molar-refractivity contribution in [1.29, 1.82) is 0 Å². The molecule has 0 fully saturated rings. The molecule has 2 aromatic rings. The van der Waals surface area contributed by atoms with Gasteiger partial charge in [-0.15, -0.1) is 5.10 Å². The third kappa shape index (κ3) is 3.14. The van der Waals surface area contributed by atoms with Gasteiger partial charge < -0.3 is 15.2 Å². The number of aromatic nitrogens is 4. The number of tetrazole rings is 1. The number of methoxy groups -OCH3 is 2. The molecule has 2 N–H and O–H groups in total. The maximum atomic E-state index is 5.88. The molecule has 0 aliphatic carbocycles. The van der Waals surface area contributed by atoms with Crippen molar-refractivity contribution in [3.8, 4) is 11.4 Å². The molecular formula is C12H16BrN5O2. The summed E-state index contributed by atoms with van der Waals surface area (Å²) < 4.78 is 12.9. The lowest BCUT2D eigenvalue weighted by atomic mass is 10.2. The van der Waals surface area contributed by atoms with Gasteiger partial charge >= 0.3 is 0 Å². The molecule has 1 unspecified atom stereocenters. The predicted molar refractivity (Wildman–Crippen MR) is 78.0 cm³/mol. The summed E-state index contributed by atoms with van der Waals surface area (Å²) in [6, 6.07) is 5.57. The Labute approximate surface area is 125 Å². The fourth-order valence-electron chi connectivity index (χ4n) is 1.82. The van der Waals surface area contributed by atoms with Gasteiger partial charge in [-0.3, -0.25) is 0 Å². The van der Waals surface area contributed by atoms with Gasteiger partial charge in [0.15, 0.2) is 5.82 Å². The Morgan fingerprint density at radius 3 is 2.90 bits per heavy atom. The molecule has 0 amide bonds. The number of rotatable bonds is 6. The maximum Gasteiger partial charge on any atom is 0.183 e. The first-order valence-corrected chi connectivity index (χ1v) is 6.79. The lowest BCUT2D eigenvalue weighted by molar-refractivity contribution is 0.0163. The van der Waals surface area contributed by atoms with Crippen LogP contribution >= 0.6 is 15.9 Å². The first kappa shape index (κ1) is 14.9. The Morgan fingerprint density at radius 2 is 2.20 bits per heavy atom. The van der Waals surface area contributed by atoms with Crippen LogP contribution in [0.1, 0.15) is 0 Å². The van der Waals surface area contributed by atoms with Crippen LogP contribution in [0.4, 0.5) is 5.69 Å². The standard InChI is InChI=1S/C12H16BrN5O2/c1-19-7-8(20-2)6-18-12(15-16-17-18)9-4-3-5-10(14)11(9)13/h3-5,8H,6-7,14H2,1-2H3. The summed E-state index contributed by atoms with van der Waals surface area (Å²) in [7, 11) is 3.26. The third-order valence-electron chi connectivity index (χ3n) is 2.86. The van der Waals surface area contributed by atoms with E-state index >= 15 is 0 Å². The lowest BCUT2D eigenvalue weighted by Gasteiger charge is -2.15. The molecule has 0 aliphatic rings. The van der Waals surface area contributed by atoms with Gasteiger partial charge in [-0.2, -0.15) is 0 Å². The number of hydrogen-bond acceptors (Lipinski definition) is 6. The van der Waals surface area contributed by atoms with Crippen molar-refractivity contribution in [2.45, 2.75) is 12.6 Å². The maximum absolute atomic E-state index is 5.88. The average molecular weight is 342 g/mol. The number of nitrogens with zero attached hydrogens (tertiary/aromatic N) is 4. The molecule has 1 aromatic heterocycles. The smallest absolute Gasteiger partial charge is 0.183 e. The minimum absolute atomic E-state index is 0.123. The zero-order valence-corrected chi connectivity index (χ0v) is 12.9. The Bertz CT molecular complexity index is 575. The van der Waals surface area contributed by atoms with Crippen molar-refractivity contribution in [1.82, 2.24) is 20.2 Å². The highest BCUT2D eigenvalue weighted by atomic mass is 79.9. The highest BCUT2D eigenvalue weighted by Crippen LogP contribution is 2.30. The van der Waals surface area contributed by atoms with Gasteiger partial charge in [-0.05, 0) is 38.5 Å². The second kappa shape index (κ2) is 6.78. The van der Waals surface area contributed by atoms with Gasteiger partial charge in [0.05, 0.1) is 17.6 Å². The second-order valence-electron chi connectivity index (χ2n) is 4.21. The number of nitrogens with two attached hydrogens (primary N) is 1. The van der Waals surface area contributed by atoms with E-state index in [0.29, 0.717) is 24.7 Å². The molecule has 1 heterocycles. The van der Waals surface area contributed by atoms with E-state index in [4.69, 9.17) is 15.2 Å². The zero-order valence-electron chi connectivity index (χ0n) is 11.3. The Balaban J connectivity index is 2.30. The molecule has 1 atom stereocenters. The van der Waals surface area contributed by atoms with Crippen LogP contribution in [0.2, 0.25) is 0 Å². The van der Waals surface area contributed by atoms with Crippen molar-refractivity contribution in [2.24, 2.45) is 0 Å². The van der Waals surface area contributed by atoms with E-state index in [-0.39, 0.29) is 6.10 Å². The molecular weight excluding hydrogens is 326 g/mol. The van der Waals surface area contributed by atoms with E-state index < -0.39 is 0 Å². The normalized spacial score (nSPS) is 12.6. The summed E-state index contributed by atoms with van der Waals surface area (Å²) in [5, 5.41) is 11.8. The zero-order chi connectivity index (χ0) is 14.5. The largest absolute Gasteiger partial charge is 0.398 e. The van der Waals surface area contributed by atoms with Gasteiger partial charge in [0.25, 0.3) is 0 Å². The summed E-state index contributed by atoms with van der Waals surface area (Å²) in [5.41, 5.74) is 7.35. The monoisotopic (exact) mass is 341 g/mol. The van der Waals surface area contributed by atoms with Gasteiger partial charge in [0.2, 0.25) is 0 Å². The molecule has 0 spiro atoms. The van der Waals surface area contributed by atoms with Crippen molar-refractivity contribution in [3.63, 3.8) is 0 Å². The molecule has 108 valence electrons. The van der Waals surface area contributed by atoms with Crippen molar-refractivity contribution in [2.75, 3.05) is 26.6 Å². The SMILES string of the molecule is COCC(Cn1nnnc1-c1cccc(N)c1Br)OC. The van der Waals surface area contributed by atoms with Crippen LogP contribution < -0.4 is 5.73 Å². The lowest BCUT2D eigenvalue weighted by Crippen LogP contribution is -2.25. The van der Waals surface area contributed by atoms with Crippen molar-refractivity contribution < 1.29 is 9.47 Å². The van der Waals surface area contributed by atoms with E-state index in [9.17, 15) is 0 Å². The van der Waals surface area contributed by atoms with E-state index in [0.717, 1.165) is 10.0 Å². The minimum Gasteiger partial charge on any atom is -0.398 e. The molecule has 2 rings (SSSR count). The molecule has 0 saturated heterocycles. The van der Waals surface area contributed by atoms with Crippen LogP contribution in [-0.2, 0) is 16.0 Å². The van der Waals surface area contributed by atoms with E-state index in [2.05, 4.69) is 31.5 Å². The molecule has 0 bridgehead atoms. The number of hydrogen-bond donors (Lipinski definition) is 1. The Kier molecular flexibility index (Phi) is 5.05. The van der Waals surface area contributed by atoms with Gasteiger partial charge in [0, 0.05) is 25.5 Å². The molecule has 0 saturated carbocycles. The highest BCUT2D eigenvalue weighted by molar-refractivity contribution is 9.10. The number of benzene rings is 1. The summed E-state index contributed by atoms with van der Waals surface area (Å²) >= 11 is 3.46. The van der Waals surface area contributed by atoms with Crippen molar-refractivity contribution in [3.05, 3.63) is 22.7 Å². The molecule has 20 heavy (non-hydrogen) atoms. The molecule has 0 radical (unpaired) electrons. The minimum atomic E-state index is -0.123. The third-order valence-corrected chi connectivity index (χ3v) is 3.75. The number of halogens is 1. The first-order valence-electron chi connectivity index (χ1n) is 5.99. The molecule has 7 nitrogen and oxygen atoms in total. The summed E-state index contributed by atoms with van der Waals surface area (Å²) in [4.78, 5) is 0. The highest BCUT2D eigenvalue weighted by Gasteiger charge is 2.17. The van der Waals surface area contributed by atoms with Crippen LogP contribution in [0.25, 0.3) is 11.4 Å². The predicted octanol–water partition coefficient (Wildman–Crippen LogP) is 1.35. The van der Waals surface area contributed by atoms with Gasteiger partial charge in [-0.1, -0.05) is 6.07 Å². The number of anilines is 1. The summed E-state index contributed by atoms with van der Waals surface area (Å²) in [5.74, 6) is 0.627. The van der Waals surface area contributed by atoms with Gasteiger partial charge in [0.1, 0.15) is 6.10 Å². The number of nitrogen functional groups attached to an aromatic ring is 1. The topological polar surface area (TPSA) is 88.1 Å². The quantitative estimate of drug-likeness (QED) is 0.797. The van der Waals surface area contributed by atoms with E-state index in [1.165, 1.54) is 0 Å². The Hall–Kier alpha value is -1.51. The van der Waals surface area contributed by atoms with Gasteiger partial charge in [-0.25, -0.2) is 4.68 Å². The van der Waals surface area contributed by atoms with Crippen molar-refractivity contribution >= 4 is 21.6 Å². The summed E-state index contributed by atoms with van der Waals surface area (Å²) in [6.45, 7) is 0.960. The van der Waals surface area contributed by atoms with E-state index in [1.807, 2.05) is 18.2 Å². The molecule has 0 aliphatic heterocycles. The van der Waals surface area contributed by atoms with Crippen LogP contribution in [-0.4, -0.2) is 47.1 Å². The second-order valence-corrected chi connectivity index (χ2v) is 5.00. The van der Waals surface area contributed by atoms with Crippen LogP contribution in [0.5, 0.6) is 0 Å². The number of ether oxygens (including phenoxy) is 2. The van der Waals surface area contributed by atoms with Crippen LogP contribution in [0.3, 0.4) is 0 Å². The fraction of sp³-hybridized carbons (Fsp3) is 0.417. The fourth-order valence-corrected chi connectivity index (χ4v) is 2.26. The van der Waals surface area contributed by atoms with Crippen LogP contribution in [0.15, 0.2) is 22.7 Å². The molecule has 1 aromatic carbocycles.